The Bertz CT molecular complexity index is 244. The van der Waals surface area contributed by atoms with Crippen molar-refractivity contribution in [1.29, 1.82) is 0 Å². The van der Waals surface area contributed by atoms with Gasteiger partial charge in [0.25, 0.3) is 0 Å². The van der Waals surface area contributed by atoms with Gasteiger partial charge in [0.05, 0.1) is 6.04 Å². The molecule has 0 aromatic carbocycles. The summed E-state index contributed by atoms with van der Waals surface area (Å²) in [6.45, 7) is 8.42. The van der Waals surface area contributed by atoms with Crippen LogP contribution in [0.25, 0.3) is 0 Å². The summed E-state index contributed by atoms with van der Waals surface area (Å²) in [7, 11) is 0. The molecule has 0 fully saturated rings. The third-order valence-corrected chi connectivity index (χ3v) is 1.53. The van der Waals surface area contributed by atoms with Crippen molar-refractivity contribution in [2.24, 2.45) is 5.73 Å². The molecule has 0 heterocycles. The molecule has 5 nitrogen and oxygen atoms in total. The van der Waals surface area contributed by atoms with Gasteiger partial charge in [0, 0.05) is 0 Å². The fourth-order valence-electron chi connectivity index (χ4n) is 0.794. The number of nitrogens with one attached hydrogen (secondary N) is 1. The fourth-order valence-corrected chi connectivity index (χ4v) is 0.794. The lowest BCUT2D eigenvalue weighted by Gasteiger charge is -2.23. The molecule has 88 valence electrons. The number of carbonyl (C=O) groups excluding carboxylic acids is 2. The van der Waals surface area contributed by atoms with E-state index in [1.165, 1.54) is 0 Å². The number of amides is 1. The largest absolute Gasteiger partial charge is 0.458 e. The van der Waals surface area contributed by atoms with E-state index >= 15 is 0 Å². The number of esters is 1. The Hall–Kier alpha value is -1.10. The van der Waals surface area contributed by atoms with Gasteiger partial charge in [-0.2, -0.15) is 0 Å². The normalized spacial score (nSPS) is 15.3. The molecule has 1 amide bonds. The lowest BCUT2D eigenvalue weighted by atomic mass is 10.2. The maximum absolute atomic E-state index is 11.4. The predicted octanol–water partition coefficient (Wildman–Crippen LogP) is 0.180. The monoisotopic (exact) mass is 216 g/mol. The molecule has 15 heavy (non-hydrogen) atoms. The molecule has 5 heteroatoms. The molecule has 0 spiro atoms. The highest BCUT2D eigenvalue weighted by Crippen LogP contribution is 2.08. The third-order valence-electron chi connectivity index (χ3n) is 1.53. The zero-order valence-corrected chi connectivity index (χ0v) is 9.96. The highest BCUT2D eigenvalue weighted by molar-refractivity contribution is 5.86. The van der Waals surface area contributed by atoms with Gasteiger partial charge in [-0.25, -0.2) is 4.79 Å². The van der Waals surface area contributed by atoms with Crippen molar-refractivity contribution in [2.45, 2.75) is 52.3 Å². The minimum absolute atomic E-state index is 0.367. The highest BCUT2D eigenvalue weighted by Gasteiger charge is 2.23. The van der Waals surface area contributed by atoms with Crippen LogP contribution in [-0.4, -0.2) is 29.6 Å². The number of nitrogens with two attached hydrogens (primary N) is 1. The van der Waals surface area contributed by atoms with Crippen molar-refractivity contribution in [1.82, 2.24) is 5.32 Å². The van der Waals surface area contributed by atoms with Crippen molar-refractivity contribution in [3.05, 3.63) is 0 Å². The zero-order valence-electron chi connectivity index (χ0n) is 9.96. The Labute approximate surface area is 90.4 Å². The van der Waals surface area contributed by atoms with E-state index in [1.807, 2.05) is 0 Å². The first-order valence-electron chi connectivity index (χ1n) is 4.92. The Morgan fingerprint density at radius 2 is 1.73 bits per heavy atom. The molecule has 0 radical (unpaired) electrons. The van der Waals surface area contributed by atoms with Crippen LogP contribution in [0.1, 0.15) is 34.6 Å². The second-order valence-corrected chi connectivity index (χ2v) is 4.55. The van der Waals surface area contributed by atoms with Crippen LogP contribution in [0.15, 0.2) is 0 Å². The molecule has 0 aliphatic carbocycles. The number of hydrogen-bond acceptors (Lipinski definition) is 4. The molecule has 0 bridgehead atoms. The van der Waals surface area contributed by atoms with Gasteiger partial charge >= 0.3 is 5.97 Å². The summed E-state index contributed by atoms with van der Waals surface area (Å²) in [6, 6.07) is -1.31. The Balaban J connectivity index is 4.17. The molecule has 2 atom stereocenters. The van der Waals surface area contributed by atoms with Gasteiger partial charge in [-0.3, -0.25) is 4.79 Å². The van der Waals surface area contributed by atoms with Gasteiger partial charge < -0.3 is 15.8 Å². The standard InChI is InChI=1S/C10H20N2O3/c1-6(11)8(13)12-7(2)9(14)15-10(3,4)5/h6-7H,11H2,1-5H3,(H,12,13)/t6-,7-/m1/s1. The van der Waals surface area contributed by atoms with Gasteiger partial charge in [-0.1, -0.05) is 0 Å². The number of hydrogen-bond donors (Lipinski definition) is 2. The molecular weight excluding hydrogens is 196 g/mol. The van der Waals surface area contributed by atoms with Crippen LogP contribution in [0.2, 0.25) is 0 Å². The van der Waals surface area contributed by atoms with Crippen LogP contribution in [0.3, 0.4) is 0 Å². The maximum atomic E-state index is 11.4. The molecule has 0 aromatic rings. The molecular formula is C10H20N2O3. The smallest absolute Gasteiger partial charge is 0.328 e. The Morgan fingerprint density at radius 3 is 2.07 bits per heavy atom. The van der Waals surface area contributed by atoms with Crippen molar-refractivity contribution >= 4 is 11.9 Å². The molecule has 0 aliphatic rings. The number of ether oxygens (including phenoxy) is 1. The summed E-state index contributed by atoms with van der Waals surface area (Å²) in [5.41, 5.74) is 4.80. The van der Waals surface area contributed by atoms with Crippen LogP contribution in [0, 0.1) is 0 Å². The SMILES string of the molecule is C[C@@H](N)C(=O)N[C@H](C)C(=O)OC(C)(C)C. The Morgan fingerprint density at radius 1 is 1.27 bits per heavy atom. The second kappa shape index (κ2) is 5.11. The second-order valence-electron chi connectivity index (χ2n) is 4.55. The summed E-state index contributed by atoms with van der Waals surface area (Å²) in [5.74, 6) is -0.829. The summed E-state index contributed by atoms with van der Waals surface area (Å²) in [5, 5.41) is 2.46. The number of rotatable bonds is 3. The summed E-state index contributed by atoms with van der Waals surface area (Å²) < 4.78 is 5.09. The molecule has 0 aliphatic heterocycles. The third kappa shape index (κ3) is 6.06. The first-order chi connectivity index (χ1) is 6.63. The minimum Gasteiger partial charge on any atom is -0.458 e. The van der Waals surface area contributed by atoms with Gasteiger partial charge in [0.2, 0.25) is 5.91 Å². The maximum Gasteiger partial charge on any atom is 0.328 e. The average Bonchev–Trinajstić information content (AvgIpc) is 2.00. The van der Waals surface area contributed by atoms with E-state index in [-0.39, 0.29) is 5.91 Å². The van der Waals surface area contributed by atoms with E-state index in [2.05, 4.69) is 5.32 Å². The molecule has 0 saturated heterocycles. The Kier molecular flexibility index (Phi) is 4.74. The lowest BCUT2D eigenvalue weighted by molar-refractivity contribution is -0.158. The molecule has 0 saturated carbocycles. The van der Waals surface area contributed by atoms with Gasteiger partial charge in [-0.15, -0.1) is 0 Å². The van der Waals surface area contributed by atoms with Crippen LogP contribution in [-0.2, 0) is 14.3 Å². The first kappa shape index (κ1) is 13.9. The van der Waals surface area contributed by atoms with Crippen LogP contribution >= 0.6 is 0 Å². The molecule has 3 N–H and O–H groups in total. The van der Waals surface area contributed by atoms with Crippen molar-refractivity contribution < 1.29 is 14.3 Å². The minimum atomic E-state index is -0.678. The fraction of sp³-hybridized carbons (Fsp3) is 0.800. The average molecular weight is 216 g/mol. The van der Waals surface area contributed by atoms with E-state index in [1.54, 1.807) is 34.6 Å². The van der Waals surface area contributed by atoms with E-state index in [4.69, 9.17) is 10.5 Å². The van der Waals surface area contributed by atoms with E-state index in [0.717, 1.165) is 0 Å². The molecule has 0 aromatic heterocycles. The van der Waals surface area contributed by atoms with E-state index in [9.17, 15) is 9.59 Å². The van der Waals surface area contributed by atoms with Gasteiger partial charge in [-0.05, 0) is 34.6 Å². The summed E-state index contributed by atoms with van der Waals surface area (Å²) >= 11 is 0. The predicted molar refractivity (Wildman–Crippen MR) is 57.1 cm³/mol. The van der Waals surface area contributed by atoms with E-state index in [0.29, 0.717) is 0 Å². The summed E-state index contributed by atoms with van der Waals surface area (Å²) in [6.07, 6.45) is 0. The van der Waals surface area contributed by atoms with Crippen molar-refractivity contribution in [2.75, 3.05) is 0 Å². The van der Waals surface area contributed by atoms with Crippen LogP contribution in [0.4, 0.5) is 0 Å². The first-order valence-corrected chi connectivity index (χ1v) is 4.92. The highest BCUT2D eigenvalue weighted by atomic mass is 16.6. The van der Waals surface area contributed by atoms with Crippen molar-refractivity contribution in [3.63, 3.8) is 0 Å². The topological polar surface area (TPSA) is 81.4 Å². The molecule has 0 rings (SSSR count). The lowest BCUT2D eigenvalue weighted by Crippen LogP contribution is -2.47. The zero-order chi connectivity index (χ0) is 12.2. The van der Waals surface area contributed by atoms with Crippen LogP contribution < -0.4 is 11.1 Å². The van der Waals surface area contributed by atoms with E-state index < -0.39 is 23.7 Å². The summed E-state index contributed by atoms with van der Waals surface area (Å²) in [4.78, 5) is 22.6. The molecule has 0 unspecified atom stereocenters. The van der Waals surface area contributed by atoms with Crippen molar-refractivity contribution in [3.8, 4) is 0 Å². The van der Waals surface area contributed by atoms with Gasteiger partial charge in [0.1, 0.15) is 11.6 Å². The quantitative estimate of drug-likeness (QED) is 0.659. The number of carbonyl (C=O) groups is 2. The van der Waals surface area contributed by atoms with Gasteiger partial charge in [0.15, 0.2) is 0 Å². The van der Waals surface area contributed by atoms with Crippen LogP contribution in [0.5, 0.6) is 0 Å².